The smallest absolute Gasteiger partial charge is 0.154 e. The fourth-order valence-electron chi connectivity index (χ4n) is 2.99. The molecule has 0 atom stereocenters. The van der Waals surface area contributed by atoms with E-state index in [4.69, 9.17) is 9.73 Å². The number of rotatable bonds is 4. The fraction of sp³-hybridized carbons (Fsp3) is 0.136. The average Bonchev–Trinajstić information content (AvgIpc) is 2.89. The molecule has 5 nitrogen and oxygen atoms in total. The topological polar surface area (TPSA) is 58.9 Å². The molecule has 134 valence electrons. The van der Waals surface area contributed by atoms with Crippen molar-refractivity contribution >= 4 is 17.2 Å². The second-order valence-corrected chi connectivity index (χ2v) is 6.25. The van der Waals surface area contributed by atoms with E-state index in [0.717, 1.165) is 39.4 Å². The normalized spacial score (nSPS) is 13.0. The molecule has 0 unspecified atom stereocenters. The van der Waals surface area contributed by atoms with Gasteiger partial charge >= 0.3 is 0 Å². The summed E-state index contributed by atoms with van der Waals surface area (Å²) in [6.07, 6.45) is 3.50. The summed E-state index contributed by atoms with van der Waals surface area (Å²) >= 11 is 0. The Morgan fingerprint density at radius 3 is 2.44 bits per heavy atom. The lowest BCUT2D eigenvalue weighted by atomic mass is 9.99. The monoisotopic (exact) mass is 356 g/mol. The van der Waals surface area contributed by atoms with Crippen LogP contribution in [0.4, 0.5) is 5.69 Å². The average molecular weight is 356 g/mol. The zero-order chi connectivity index (χ0) is 18.6. The minimum atomic E-state index is 0.646. The van der Waals surface area contributed by atoms with E-state index in [0.29, 0.717) is 12.4 Å². The molecule has 1 aromatic heterocycles. The molecular weight excluding hydrogens is 336 g/mol. The van der Waals surface area contributed by atoms with Crippen LogP contribution in [0.1, 0.15) is 29.2 Å². The van der Waals surface area contributed by atoms with Crippen LogP contribution < -0.4 is 10.2 Å². The van der Waals surface area contributed by atoms with Gasteiger partial charge in [-0.3, -0.25) is 10.4 Å². The summed E-state index contributed by atoms with van der Waals surface area (Å²) in [7, 11) is 0. The summed E-state index contributed by atoms with van der Waals surface area (Å²) in [5.74, 6) is 1.55. The number of aromatic nitrogens is 1. The molecule has 1 N–H and O–H groups in total. The van der Waals surface area contributed by atoms with Gasteiger partial charge in [-0.2, -0.15) is 5.10 Å². The van der Waals surface area contributed by atoms with Crippen molar-refractivity contribution < 1.29 is 4.74 Å². The summed E-state index contributed by atoms with van der Waals surface area (Å²) in [6.45, 7) is 4.69. The van der Waals surface area contributed by atoms with Crippen LogP contribution in [-0.4, -0.2) is 23.1 Å². The molecule has 4 rings (SSSR count). The number of hydrogen-bond acceptors (Lipinski definition) is 5. The maximum absolute atomic E-state index is 5.55. The number of nitrogens with zero attached hydrogens (tertiary/aromatic N) is 3. The lowest BCUT2D eigenvalue weighted by Crippen LogP contribution is -2.19. The number of benzene rings is 2. The Bertz CT molecular complexity index is 1010. The van der Waals surface area contributed by atoms with Gasteiger partial charge in [0.2, 0.25) is 0 Å². The Balaban J connectivity index is 1.80. The molecule has 0 bridgehead atoms. The number of hydrogen-bond donors (Lipinski definition) is 1. The first-order valence-electron chi connectivity index (χ1n) is 8.91. The van der Waals surface area contributed by atoms with E-state index in [1.165, 1.54) is 0 Å². The molecular formula is C22H20N4O. The minimum Gasteiger partial charge on any atom is -0.494 e. The number of nitrogens with one attached hydrogen (secondary N) is 1. The molecule has 0 saturated carbocycles. The Hall–Kier alpha value is -3.47. The molecule has 2 heterocycles. The van der Waals surface area contributed by atoms with Gasteiger partial charge in [0, 0.05) is 29.1 Å². The van der Waals surface area contributed by atoms with Crippen LogP contribution in [0.25, 0.3) is 0 Å². The van der Waals surface area contributed by atoms with Gasteiger partial charge in [-0.1, -0.05) is 11.6 Å². The van der Waals surface area contributed by atoms with Crippen molar-refractivity contribution in [3.05, 3.63) is 89.2 Å². The summed E-state index contributed by atoms with van der Waals surface area (Å²) in [5, 5.41) is 4.68. The van der Waals surface area contributed by atoms with Gasteiger partial charge in [0.15, 0.2) is 5.84 Å². The van der Waals surface area contributed by atoms with Crippen molar-refractivity contribution in [3.8, 4) is 5.75 Å². The first kappa shape index (κ1) is 17.0. The van der Waals surface area contributed by atoms with Crippen LogP contribution in [0.2, 0.25) is 0 Å². The number of aryl methyl sites for hydroxylation is 1. The number of fused-ring (bicyclic) bond motifs is 1. The van der Waals surface area contributed by atoms with Crippen LogP contribution in [0.3, 0.4) is 0 Å². The largest absolute Gasteiger partial charge is 0.494 e. The summed E-state index contributed by atoms with van der Waals surface area (Å²) in [6, 6.07) is 18.0. The van der Waals surface area contributed by atoms with Crippen molar-refractivity contribution in [2.75, 3.05) is 6.61 Å². The van der Waals surface area contributed by atoms with Crippen LogP contribution in [-0.2, 0) is 0 Å². The van der Waals surface area contributed by atoms with Gasteiger partial charge < -0.3 is 4.74 Å². The van der Waals surface area contributed by atoms with E-state index in [1.807, 2.05) is 49.4 Å². The molecule has 0 amide bonds. The van der Waals surface area contributed by atoms with E-state index in [9.17, 15) is 0 Å². The van der Waals surface area contributed by atoms with Gasteiger partial charge in [0.1, 0.15) is 5.75 Å². The maximum atomic E-state index is 5.55. The van der Waals surface area contributed by atoms with Gasteiger partial charge in [0.25, 0.3) is 0 Å². The van der Waals surface area contributed by atoms with Crippen molar-refractivity contribution in [1.29, 1.82) is 0 Å². The van der Waals surface area contributed by atoms with Crippen molar-refractivity contribution in [1.82, 2.24) is 10.4 Å². The van der Waals surface area contributed by atoms with E-state index in [2.05, 4.69) is 34.6 Å². The van der Waals surface area contributed by atoms with Crippen LogP contribution >= 0.6 is 0 Å². The highest BCUT2D eigenvalue weighted by atomic mass is 16.5. The molecule has 0 radical (unpaired) electrons. The van der Waals surface area contributed by atoms with E-state index >= 15 is 0 Å². The van der Waals surface area contributed by atoms with Crippen LogP contribution in [0.15, 0.2) is 77.1 Å². The SMILES string of the molecule is CCOc1ccc(C2=NNC(c3ccncc3)=Nc3ccc(C)cc32)cc1. The third-order valence-electron chi connectivity index (χ3n) is 4.31. The van der Waals surface area contributed by atoms with Gasteiger partial charge in [-0.05, 0) is 62.4 Å². The predicted octanol–water partition coefficient (Wildman–Crippen LogP) is 4.22. The maximum Gasteiger partial charge on any atom is 0.154 e. The molecule has 0 saturated heterocycles. The van der Waals surface area contributed by atoms with Gasteiger partial charge in [0.05, 0.1) is 18.0 Å². The minimum absolute atomic E-state index is 0.646. The lowest BCUT2D eigenvalue weighted by molar-refractivity contribution is 0.340. The predicted molar refractivity (Wildman–Crippen MR) is 108 cm³/mol. The molecule has 0 fully saturated rings. The second kappa shape index (κ2) is 7.41. The molecule has 2 aromatic carbocycles. The Morgan fingerprint density at radius 1 is 0.926 bits per heavy atom. The number of aliphatic imine (C=N–C) groups is 1. The molecule has 5 heteroatoms. The van der Waals surface area contributed by atoms with Crippen molar-refractivity contribution in [2.24, 2.45) is 10.1 Å². The third-order valence-corrected chi connectivity index (χ3v) is 4.31. The molecule has 1 aliphatic heterocycles. The Kier molecular flexibility index (Phi) is 4.66. The molecule has 27 heavy (non-hydrogen) atoms. The van der Waals surface area contributed by atoms with Crippen molar-refractivity contribution in [2.45, 2.75) is 13.8 Å². The van der Waals surface area contributed by atoms with Crippen LogP contribution in [0, 0.1) is 6.92 Å². The second-order valence-electron chi connectivity index (χ2n) is 6.25. The number of amidine groups is 1. The Labute approximate surface area is 158 Å². The van der Waals surface area contributed by atoms with E-state index in [1.54, 1.807) is 12.4 Å². The highest BCUT2D eigenvalue weighted by Crippen LogP contribution is 2.27. The standard InChI is InChI=1S/C22H20N4O/c1-3-27-18-7-5-16(6-8-18)21-19-14-15(2)4-9-20(19)24-22(26-25-21)17-10-12-23-13-11-17/h4-14H,3H2,1-2H3,(H,24,26). The highest BCUT2D eigenvalue weighted by Gasteiger charge is 2.17. The number of ether oxygens (including phenoxy) is 1. The summed E-state index contributed by atoms with van der Waals surface area (Å²) in [4.78, 5) is 8.89. The zero-order valence-electron chi connectivity index (χ0n) is 15.3. The van der Waals surface area contributed by atoms with Gasteiger partial charge in [-0.15, -0.1) is 0 Å². The molecule has 0 aliphatic carbocycles. The lowest BCUT2D eigenvalue weighted by Gasteiger charge is -2.10. The Morgan fingerprint density at radius 2 is 1.70 bits per heavy atom. The molecule has 1 aliphatic rings. The van der Waals surface area contributed by atoms with E-state index in [-0.39, 0.29) is 0 Å². The number of pyridine rings is 1. The summed E-state index contributed by atoms with van der Waals surface area (Å²) < 4.78 is 5.55. The summed E-state index contributed by atoms with van der Waals surface area (Å²) in [5.41, 5.74) is 8.96. The number of hydrazone groups is 1. The molecule has 0 spiro atoms. The fourth-order valence-corrected chi connectivity index (χ4v) is 2.99. The molecule has 3 aromatic rings. The first-order chi connectivity index (χ1) is 13.2. The third kappa shape index (κ3) is 3.58. The zero-order valence-corrected chi connectivity index (χ0v) is 15.3. The first-order valence-corrected chi connectivity index (χ1v) is 8.91. The van der Waals surface area contributed by atoms with Gasteiger partial charge in [-0.25, -0.2) is 4.99 Å². The van der Waals surface area contributed by atoms with Crippen LogP contribution in [0.5, 0.6) is 5.75 Å². The van der Waals surface area contributed by atoms with Crippen molar-refractivity contribution in [3.63, 3.8) is 0 Å². The van der Waals surface area contributed by atoms with E-state index < -0.39 is 0 Å². The highest BCUT2D eigenvalue weighted by molar-refractivity contribution is 6.18. The quantitative estimate of drug-likeness (QED) is 0.761.